The van der Waals surface area contributed by atoms with E-state index >= 15 is 0 Å². The van der Waals surface area contributed by atoms with Crippen LogP contribution in [0.4, 0.5) is 0 Å². The molecule has 1 fully saturated rings. The minimum atomic E-state index is -0.882. The van der Waals surface area contributed by atoms with Crippen molar-refractivity contribution >= 4 is 0 Å². The van der Waals surface area contributed by atoms with E-state index in [0.717, 1.165) is 12.8 Å². The van der Waals surface area contributed by atoms with Crippen molar-refractivity contribution in [1.29, 1.82) is 0 Å². The first-order chi connectivity index (χ1) is 7.61. The molecule has 0 aromatic carbocycles. The van der Waals surface area contributed by atoms with E-state index < -0.39 is 12.6 Å². The summed E-state index contributed by atoms with van der Waals surface area (Å²) in [5, 5.41) is 21.7. The van der Waals surface area contributed by atoms with Crippen LogP contribution in [-0.4, -0.2) is 40.0 Å². The molecule has 2 aliphatic rings. The Bertz CT molecular complexity index is 272. The summed E-state index contributed by atoms with van der Waals surface area (Å²) in [5.74, 6) is 0.502. The first-order valence-corrected chi connectivity index (χ1v) is 5.85. The number of hydrogen-bond donors (Lipinski definition) is 3. The fraction of sp³-hybridized carbons (Fsp3) is 0.818. The second kappa shape index (κ2) is 4.71. The van der Waals surface area contributed by atoms with Crippen LogP contribution in [0.5, 0.6) is 0 Å². The Labute approximate surface area is 95.7 Å². The molecule has 5 heteroatoms. The number of hydrogen-bond acceptors (Lipinski definition) is 5. The van der Waals surface area contributed by atoms with Gasteiger partial charge in [0.1, 0.15) is 12.5 Å². The smallest absolute Gasteiger partial charge is 0.187 e. The summed E-state index contributed by atoms with van der Waals surface area (Å²) in [6.07, 6.45) is 3.67. The third kappa shape index (κ3) is 2.22. The monoisotopic (exact) mass is 228 g/mol. The first kappa shape index (κ1) is 11.9. The highest BCUT2D eigenvalue weighted by Crippen LogP contribution is 2.31. The van der Waals surface area contributed by atoms with Crippen LogP contribution in [-0.2, 0) is 4.74 Å². The second-order valence-electron chi connectivity index (χ2n) is 4.52. The van der Waals surface area contributed by atoms with Gasteiger partial charge in [0.15, 0.2) is 6.35 Å². The van der Waals surface area contributed by atoms with Gasteiger partial charge in [-0.05, 0) is 24.8 Å². The van der Waals surface area contributed by atoms with E-state index in [0.29, 0.717) is 5.92 Å². The average molecular weight is 228 g/mol. The van der Waals surface area contributed by atoms with Gasteiger partial charge in [0.2, 0.25) is 0 Å². The van der Waals surface area contributed by atoms with Crippen molar-refractivity contribution in [3.8, 4) is 0 Å². The molecule has 3 N–H and O–H groups in total. The number of nitrogens with zero attached hydrogens (tertiary/aromatic N) is 1. The van der Waals surface area contributed by atoms with Crippen molar-refractivity contribution in [3.63, 3.8) is 0 Å². The molecule has 5 atom stereocenters. The van der Waals surface area contributed by atoms with E-state index in [2.05, 4.69) is 19.2 Å². The molecule has 1 saturated heterocycles. The molecule has 0 radical (unpaired) electrons. The fourth-order valence-electron chi connectivity index (χ4n) is 2.36. The third-order valence-electron chi connectivity index (χ3n) is 3.32. The molecule has 0 bridgehead atoms. The second-order valence-corrected chi connectivity index (χ2v) is 4.52. The molecule has 1 unspecified atom stereocenters. The zero-order valence-electron chi connectivity index (χ0n) is 9.71. The van der Waals surface area contributed by atoms with Gasteiger partial charge in [-0.2, -0.15) is 0 Å². The van der Waals surface area contributed by atoms with Crippen LogP contribution in [0.25, 0.3) is 0 Å². The number of aliphatic hydroxyl groups is 2. The van der Waals surface area contributed by atoms with E-state index in [9.17, 15) is 10.2 Å². The summed E-state index contributed by atoms with van der Waals surface area (Å²) < 4.78 is 5.86. The molecule has 0 saturated carbocycles. The maximum Gasteiger partial charge on any atom is 0.187 e. The minimum Gasteiger partial charge on any atom is -0.375 e. The summed E-state index contributed by atoms with van der Waals surface area (Å²) >= 11 is 0. The number of nitrogens with one attached hydrogen (secondary N) is 1. The molecule has 0 aromatic heterocycles. The Hall–Kier alpha value is -0.620. The van der Waals surface area contributed by atoms with Crippen LogP contribution in [0.2, 0.25) is 0 Å². The van der Waals surface area contributed by atoms with E-state index in [-0.39, 0.29) is 12.3 Å². The van der Waals surface area contributed by atoms with Gasteiger partial charge in [-0.25, -0.2) is 5.32 Å². The topological polar surface area (TPSA) is 65.0 Å². The molecule has 0 aliphatic carbocycles. The number of ether oxygens (including phenoxy) is 1. The van der Waals surface area contributed by atoms with Crippen molar-refractivity contribution in [2.24, 2.45) is 5.92 Å². The Morgan fingerprint density at radius 1 is 1.50 bits per heavy atom. The lowest BCUT2D eigenvalue weighted by Crippen LogP contribution is -2.53. The quantitative estimate of drug-likeness (QED) is 0.628. The Balaban J connectivity index is 2.01. The van der Waals surface area contributed by atoms with E-state index in [1.807, 2.05) is 0 Å². The molecule has 0 amide bonds. The molecular weight excluding hydrogens is 208 g/mol. The number of rotatable bonds is 2. The van der Waals surface area contributed by atoms with Crippen molar-refractivity contribution < 1.29 is 14.9 Å². The largest absolute Gasteiger partial charge is 0.375 e. The van der Waals surface area contributed by atoms with Crippen LogP contribution in [0.3, 0.4) is 0 Å². The lowest BCUT2D eigenvalue weighted by atomic mass is 10.0. The van der Waals surface area contributed by atoms with Crippen molar-refractivity contribution in [1.82, 2.24) is 10.2 Å². The summed E-state index contributed by atoms with van der Waals surface area (Å²) in [5.41, 5.74) is 0. The van der Waals surface area contributed by atoms with Gasteiger partial charge in [-0.1, -0.05) is 13.8 Å². The summed E-state index contributed by atoms with van der Waals surface area (Å²) in [7, 11) is 0. The highest BCUT2D eigenvalue weighted by Gasteiger charge is 2.36. The van der Waals surface area contributed by atoms with Gasteiger partial charge < -0.3 is 19.8 Å². The number of aliphatic hydroxyl groups excluding tert-OH is 2. The van der Waals surface area contributed by atoms with Crippen LogP contribution in [0.1, 0.15) is 26.7 Å². The van der Waals surface area contributed by atoms with Crippen LogP contribution in [0.15, 0.2) is 12.3 Å². The summed E-state index contributed by atoms with van der Waals surface area (Å²) in [6, 6.07) is 0. The molecule has 5 nitrogen and oxygen atoms in total. The molecule has 92 valence electrons. The average Bonchev–Trinajstić information content (AvgIpc) is 2.59. The lowest BCUT2D eigenvalue weighted by Gasteiger charge is -2.36. The molecule has 2 aliphatic heterocycles. The van der Waals surface area contributed by atoms with Gasteiger partial charge in [0, 0.05) is 6.20 Å². The van der Waals surface area contributed by atoms with E-state index in [1.54, 1.807) is 17.2 Å². The predicted molar refractivity (Wildman–Crippen MR) is 58.9 cm³/mol. The zero-order valence-corrected chi connectivity index (χ0v) is 9.71. The van der Waals surface area contributed by atoms with Gasteiger partial charge in [-0.15, -0.1) is 0 Å². The zero-order chi connectivity index (χ0) is 11.7. The molecular formula is C11H20N2O3. The standard InChI is InChI=1S/C11H20N2O3/c1-3-8-7(2)6-10(16-8)13-5-4-9(14)12-11(13)15/h4-5,7-12,14-15H,3,6H2,1-2H3/t7?,8-,9+,10-,11+/m0/s1. The van der Waals surface area contributed by atoms with Gasteiger partial charge in [0.25, 0.3) is 0 Å². The summed E-state index contributed by atoms with van der Waals surface area (Å²) in [6.45, 7) is 4.27. The van der Waals surface area contributed by atoms with E-state index in [4.69, 9.17) is 4.74 Å². The van der Waals surface area contributed by atoms with Crippen LogP contribution in [0, 0.1) is 5.92 Å². The van der Waals surface area contributed by atoms with Crippen molar-refractivity contribution in [3.05, 3.63) is 12.3 Å². The highest BCUT2D eigenvalue weighted by atomic mass is 16.5. The minimum absolute atomic E-state index is 0.105. The normalized spacial score (nSPS) is 44.0. The van der Waals surface area contributed by atoms with Gasteiger partial charge in [0.05, 0.1) is 6.10 Å². The van der Waals surface area contributed by atoms with Crippen LogP contribution >= 0.6 is 0 Å². The van der Waals surface area contributed by atoms with Crippen molar-refractivity contribution in [2.45, 2.75) is 51.6 Å². The highest BCUT2D eigenvalue weighted by molar-refractivity contribution is 4.96. The third-order valence-corrected chi connectivity index (χ3v) is 3.32. The summed E-state index contributed by atoms with van der Waals surface area (Å²) in [4.78, 5) is 1.71. The Morgan fingerprint density at radius 3 is 2.81 bits per heavy atom. The molecule has 0 spiro atoms. The molecule has 16 heavy (non-hydrogen) atoms. The maximum atomic E-state index is 9.77. The maximum absolute atomic E-state index is 9.77. The van der Waals surface area contributed by atoms with Crippen molar-refractivity contribution in [2.75, 3.05) is 0 Å². The lowest BCUT2D eigenvalue weighted by molar-refractivity contribution is -0.130. The first-order valence-electron chi connectivity index (χ1n) is 5.85. The predicted octanol–water partition coefficient (Wildman–Crippen LogP) is 0.161. The van der Waals surface area contributed by atoms with Crippen LogP contribution < -0.4 is 5.32 Å². The van der Waals surface area contributed by atoms with E-state index in [1.165, 1.54) is 0 Å². The van der Waals surface area contributed by atoms with Gasteiger partial charge >= 0.3 is 0 Å². The molecule has 2 heterocycles. The molecule has 2 rings (SSSR count). The Kier molecular flexibility index (Phi) is 3.49. The SMILES string of the molecule is CC[C@@H]1O[C@H](N2C=C[C@@H](O)N[C@H]2O)CC1C. The Morgan fingerprint density at radius 2 is 2.25 bits per heavy atom. The molecule has 0 aromatic rings. The fourth-order valence-corrected chi connectivity index (χ4v) is 2.36. The van der Waals surface area contributed by atoms with Gasteiger partial charge in [-0.3, -0.25) is 0 Å².